The second-order valence-corrected chi connectivity index (χ2v) is 5.63. The maximum absolute atomic E-state index is 11.5. The third-order valence-corrected chi connectivity index (χ3v) is 5.08. The Morgan fingerprint density at radius 2 is 0.720 bits per heavy atom. The Balaban J connectivity index is 3.19. The van der Waals surface area contributed by atoms with Crippen LogP contribution in [0, 0.1) is 60.7 Å². The number of hydrogen-bond donors (Lipinski definition) is 0. The van der Waals surface area contributed by atoms with Crippen LogP contribution in [0.5, 0.6) is 0 Å². The minimum absolute atomic E-state index is 1.17. The van der Waals surface area contributed by atoms with Crippen molar-refractivity contribution in [2.24, 2.45) is 0 Å². The van der Waals surface area contributed by atoms with Crippen LogP contribution in [-0.2, 0) is 0 Å². The van der Waals surface area contributed by atoms with Gasteiger partial charge in [0.2, 0.25) is 0 Å². The molecule has 2 aliphatic carbocycles. The molecule has 0 N–H and O–H groups in total. The molecule has 0 amide bonds. The van der Waals surface area contributed by atoms with E-state index in [1.54, 1.807) is 0 Å². The van der Waals surface area contributed by atoms with E-state index in [2.05, 4.69) is 0 Å². The summed E-state index contributed by atoms with van der Waals surface area (Å²) < 4.78 is 0. The molecule has 0 radical (unpaired) electrons. The highest BCUT2D eigenvalue weighted by molar-refractivity contribution is 5.25. The summed E-state index contributed by atoms with van der Waals surface area (Å²) in [6.07, 6.45) is -4.04. The quantitative estimate of drug-likeness (QED) is 0.302. The fourth-order valence-corrected chi connectivity index (χ4v) is 4.21. The van der Waals surface area contributed by atoms with Crippen LogP contribution in [0.1, 0.15) is 19.3 Å². The Morgan fingerprint density at radius 3 is 0.880 bits per heavy atom. The first-order valence-corrected chi connectivity index (χ1v) is 6.20. The van der Waals surface area contributed by atoms with Crippen molar-refractivity contribution in [1.29, 1.82) is 0 Å². The van der Waals surface area contributed by atoms with E-state index in [0.717, 1.165) is 0 Å². The first kappa shape index (κ1) is 17.7. The van der Waals surface area contributed by atoms with Gasteiger partial charge in [-0.3, -0.25) is 60.7 Å². The highest BCUT2D eigenvalue weighted by Crippen LogP contribution is 2.66. The molecule has 0 spiro atoms. The standard InChI is InChI=1S/C7H6N6O12/c14-8(15)4-1-2-5(3-4,9(16)17)7(12(22)23,13(24)25)6(4,10(18)19)11(20)21/h1-3H2. The average molecular weight is 366 g/mol. The summed E-state index contributed by atoms with van der Waals surface area (Å²) in [5.41, 5.74) is -16.3. The molecule has 18 nitrogen and oxygen atoms in total. The summed E-state index contributed by atoms with van der Waals surface area (Å²) in [7, 11) is 0. The van der Waals surface area contributed by atoms with Crippen molar-refractivity contribution in [1.82, 2.24) is 0 Å². The Hall–Kier alpha value is -3.60. The lowest BCUT2D eigenvalue weighted by Crippen LogP contribution is -2.83. The Morgan fingerprint density at radius 1 is 0.480 bits per heavy atom. The van der Waals surface area contributed by atoms with Gasteiger partial charge in [-0.2, -0.15) is 0 Å². The second-order valence-electron chi connectivity index (χ2n) is 5.63. The van der Waals surface area contributed by atoms with Crippen LogP contribution < -0.4 is 0 Å². The molecule has 2 bridgehead atoms. The van der Waals surface area contributed by atoms with Crippen molar-refractivity contribution in [3.8, 4) is 0 Å². The second kappa shape index (κ2) is 4.48. The van der Waals surface area contributed by atoms with Crippen LogP contribution in [0.2, 0.25) is 0 Å². The lowest BCUT2D eigenvalue weighted by molar-refractivity contribution is -0.974. The summed E-state index contributed by atoms with van der Waals surface area (Å²) in [5, 5.41) is 68.8. The lowest BCUT2D eigenvalue weighted by Gasteiger charge is -2.29. The molecule has 0 aromatic rings. The minimum Gasteiger partial charge on any atom is -0.263 e. The van der Waals surface area contributed by atoms with Gasteiger partial charge in [0.25, 0.3) is 0 Å². The molecule has 2 saturated carbocycles. The Bertz CT molecular complexity index is 673. The summed E-state index contributed by atoms with van der Waals surface area (Å²) >= 11 is 0. The maximum atomic E-state index is 11.5. The van der Waals surface area contributed by atoms with Crippen LogP contribution in [-0.4, -0.2) is 51.9 Å². The average Bonchev–Trinajstić information content (AvgIpc) is 2.97. The van der Waals surface area contributed by atoms with E-state index in [4.69, 9.17) is 0 Å². The van der Waals surface area contributed by atoms with Gasteiger partial charge in [0, 0.05) is 22.7 Å². The zero-order valence-electron chi connectivity index (χ0n) is 11.7. The van der Waals surface area contributed by atoms with Gasteiger partial charge in [0.15, 0.2) is 0 Å². The van der Waals surface area contributed by atoms with Gasteiger partial charge < -0.3 is 0 Å². The molecule has 0 aliphatic heterocycles. The van der Waals surface area contributed by atoms with Crippen molar-refractivity contribution < 1.29 is 29.5 Å². The Kier molecular flexibility index (Phi) is 3.18. The normalized spacial score (nSPS) is 31.2. The van der Waals surface area contributed by atoms with Crippen molar-refractivity contribution in [2.45, 2.75) is 41.7 Å². The van der Waals surface area contributed by atoms with Crippen molar-refractivity contribution >= 4 is 0 Å². The van der Waals surface area contributed by atoms with E-state index >= 15 is 0 Å². The van der Waals surface area contributed by atoms with Gasteiger partial charge in [-0.15, -0.1) is 0 Å². The SMILES string of the molecule is O=[N+]([O-])C12CCC([N+](=O)[O-])(C1)C([N+](=O)[O-])([N+](=O)[O-])C2([N+](=O)[O-])[N+](=O)[O-]. The largest absolute Gasteiger partial charge is 0.671 e. The van der Waals surface area contributed by atoms with Crippen molar-refractivity contribution in [2.75, 3.05) is 0 Å². The molecule has 136 valence electrons. The van der Waals surface area contributed by atoms with Crippen LogP contribution >= 0.6 is 0 Å². The molecule has 18 heteroatoms. The minimum atomic E-state index is -4.66. The highest BCUT2D eigenvalue weighted by Gasteiger charge is 3.20. The van der Waals surface area contributed by atoms with Gasteiger partial charge in [0.1, 0.15) is 26.1 Å². The number of nitrogens with zero attached hydrogens (tertiary/aromatic N) is 6. The molecule has 0 heterocycles. The number of nitro groups is 6. The summed E-state index contributed by atoms with van der Waals surface area (Å²) in [6, 6.07) is 0. The van der Waals surface area contributed by atoms with E-state index < -0.39 is 71.2 Å². The molecule has 0 aromatic carbocycles. The maximum Gasteiger partial charge on any atom is 0.671 e. The van der Waals surface area contributed by atoms with Gasteiger partial charge in [-0.05, 0) is 0 Å². The molecule has 0 saturated heterocycles. The van der Waals surface area contributed by atoms with Crippen molar-refractivity contribution in [3.05, 3.63) is 60.7 Å². The number of rotatable bonds is 6. The topological polar surface area (TPSA) is 259 Å². The van der Waals surface area contributed by atoms with Crippen LogP contribution in [0.15, 0.2) is 0 Å². The molecular formula is C7H6N6O12. The first-order chi connectivity index (χ1) is 11.3. The van der Waals surface area contributed by atoms with E-state index in [0.29, 0.717) is 0 Å². The monoisotopic (exact) mass is 366 g/mol. The fraction of sp³-hybridized carbons (Fsp3) is 1.00. The van der Waals surface area contributed by atoms with E-state index in [9.17, 15) is 60.7 Å². The zero-order valence-corrected chi connectivity index (χ0v) is 11.7. The predicted octanol–water partition coefficient (Wildman–Crippen LogP) is -1.29. The summed E-state index contributed by atoms with van der Waals surface area (Å²) in [4.78, 5) is 57.1. The molecule has 2 rings (SSSR count). The predicted molar refractivity (Wildman–Crippen MR) is 66.7 cm³/mol. The fourth-order valence-electron chi connectivity index (χ4n) is 4.21. The molecule has 2 unspecified atom stereocenters. The zero-order chi connectivity index (χ0) is 19.6. The molecular weight excluding hydrogens is 360 g/mol. The number of fused-ring (bicyclic) bond motifs is 2. The first-order valence-electron chi connectivity index (χ1n) is 6.20. The lowest BCUT2D eigenvalue weighted by atomic mass is 9.73. The summed E-state index contributed by atoms with van der Waals surface area (Å²) in [6.45, 7) is 0. The van der Waals surface area contributed by atoms with Gasteiger partial charge in [-0.25, -0.2) is 0 Å². The number of hydrogen-bond acceptors (Lipinski definition) is 12. The van der Waals surface area contributed by atoms with Crippen LogP contribution in [0.3, 0.4) is 0 Å². The molecule has 2 atom stereocenters. The van der Waals surface area contributed by atoms with Gasteiger partial charge in [0.05, 0.1) is 0 Å². The van der Waals surface area contributed by atoms with E-state index in [1.165, 1.54) is 0 Å². The third-order valence-electron chi connectivity index (χ3n) is 5.08. The molecule has 25 heavy (non-hydrogen) atoms. The van der Waals surface area contributed by atoms with Crippen molar-refractivity contribution in [3.63, 3.8) is 0 Å². The highest BCUT2D eigenvalue weighted by atomic mass is 16.7. The van der Waals surface area contributed by atoms with E-state index in [-0.39, 0.29) is 0 Å². The smallest absolute Gasteiger partial charge is 0.263 e. The van der Waals surface area contributed by atoms with Crippen LogP contribution in [0.4, 0.5) is 0 Å². The summed E-state index contributed by atoms with van der Waals surface area (Å²) in [5.74, 6) is 0. The van der Waals surface area contributed by atoms with E-state index in [1.807, 2.05) is 0 Å². The van der Waals surface area contributed by atoms with Crippen LogP contribution in [0.25, 0.3) is 0 Å². The molecule has 2 aliphatic rings. The molecule has 0 aromatic heterocycles. The molecule has 2 fully saturated rings. The van der Waals surface area contributed by atoms with Gasteiger partial charge in [-0.1, -0.05) is 0 Å². The van der Waals surface area contributed by atoms with Gasteiger partial charge >= 0.3 is 22.4 Å². The third kappa shape index (κ3) is 1.32. The Labute approximate surface area is 133 Å².